The fourth-order valence-electron chi connectivity index (χ4n) is 2.68. The normalized spacial score (nSPS) is 17.2. The van der Waals surface area contributed by atoms with Gasteiger partial charge >= 0.3 is 0 Å². The average molecular weight is 526 g/mol. The molecule has 1 aromatic carbocycles. The molecule has 0 aromatic heterocycles. The lowest BCUT2D eigenvalue weighted by Crippen LogP contribution is -2.37. The van der Waals surface area contributed by atoms with Crippen molar-refractivity contribution in [2.45, 2.75) is 36.8 Å². The third-order valence-electron chi connectivity index (χ3n) is 4.27. The Morgan fingerprint density at radius 1 is 1.29 bits per heavy atom. The fraction of sp³-hybridized carbons (Fsp3) is 0.611. The zero-order valence-electron chi connectivity index (χ0n) is 16.4. The third-order valence-corrected chi connectivity index (χ3v) is 5.70. The van der Waals surface area contributed by atoms with E-state index in [0.29, 0.717) is 25.7 Å². The molecule has 1 atom stereocenters. The maximum absolute atomic E-state index is 11.7. The van der Waals surface area contributed by atoms with Crippen LogP contribution in [-0.4, -0.2) is 60.9 Å². The van der Waals surface area contributed by atoms with Crippen molar-refractivity contribution in [3.63, 3.8) is 0 Å². The van der Waals surface area contributed by atoms with E-state index in [-0.39, 0.29) is 35.0 Å². The maximum atomic E-state index is 11.7. The van der Waals surface area contributed by atoms with Gasteiger partial charge < -0.3 is 20.1 Å². The van der Waals surface area contributed by atoms with Gasteiger partial charge in [0.25, 0.3) is 0 Å². The number of ether oxygens (including phenoxy) is 2. The fourth-order valence-corrected chi connectivity index (χ4v) is 3.41. The predicted molar refractivity (Wildman–Crippen MR) is 121 cm³/mol. The Hall–Kier alpha value is -0.950. The summed E-state index contributed by atoms with van der Waals surface area (Å²) in [6.45, 7) is 3.52. The Kier molecular flexibility index (Phi) is 11.9. The highest BCUT2D eigenvalue weighted by molar-refractivity contribution is 14.0. The summed E-state index contributed by atoms with van der Waals surface area (Å²) in [4.78, 5) is 4.43. The van der Waals surface area contributed by atoms with Crippen LogP contribution >= 0.6 is 24.0 Å². The van der Waals surface area contributed by atoms with Gasteiger partial charge in [-0.1, -0.05) is 12.1 Å². The summed E-state index contributed by atoms with van der Waals surface area (Å²) in [5.74, 6) is 0.695. The lowest BCUT2D eigenvalue weighted by molar-refractivity contribution is 0.0168. The summed E-state index contributed by atoms with van der Waals surface area (Å²) in [6.07, 6.45) is 3.37. The molecule has 1 heterocycles. The van der Waals surface area contributed by atoms with Crippen LogP contribution in [0.2, 0.25) is 0 Å². The summed E-state index contributed by atoms with van der Waals surface area (Å²) in [5, 5.41) is 6.44. The standard InChI is InChI=1S/C18H30N4O4S.HI/c1-19-18(21-10-4-11-25-14-16-5-3-12-26-16)22-13-15-6-8-17(9-7-15)27(23,24)20-2;/h6-9,16,20H,3-5,10-14H2,1-2H3,(H2,19,21,22);1H. The summed E-state index contributed by atoms with van der Waals surface area (Å²) in [5.41, 5.74) is 0.966. The molecule has 10 heteroatoms. The van der Waals surface area contributed by atoms with E-state index in [2.05, 4.69) is 20.3 Å². The monoisotopic (exact) mass is 526 g/mol. The molecular weight excluding hydrogens is 495 g/mol. The predicted octanol–water partition coefficient (Wildman–Crippen LogP) is 1.46. The molecule has 2 rings (SSSR count). The van der Waals surface area contributed by atoms with Gasteiger partial charge in [0.05, 0.1) is 17.6 Å². The van der Waals surface area contributed by atoms with Gasteiger partial charge in [-0.15, -0.1) is 24.0 Å². The smallest absolute Gasteiger partial charge is 0.240 e. The van der Waals surface area contributed by atoms with E-state index in [9.17, 15) is 8.42 Å². The van der Waals surface area contributed by atoms with E-state index in [1.54, 1.807) is 31.3 Å². The van der Waals surface area contributed by atoms with Crippen LogP contribution in [-0.2, 0) is 26.0 Å². The molecule has 0 amide bonds. The first-order valence-corrected chi connectivity index (χ1v) is 10.7. The summed E-state index contributed by atoms with van der Waals surface area (Å²) < 4.78 is 36.9. The van der Waals surface area contributed by atoms with Crippen molar-refractivity contribution in [3.05, 3.63) is 29.8 Å². The highest BCUT2D eigenvalue weighted by Crippen LogP contribution is 2.12. The summed E-state index contributed by atoms with van der Waals surface area (Å²) >= 11 is 0. The number of hydrogen-bond donors (Lipinski definition) is 3. The van der Waals surface area contributed by atoms with Crippen molar-refractivity contribution in [2.24, 2.45) is 4.99 Å². The molecule has 0 bridgehead atoms. The van der Waals surface area contributed by atoms with E-state index >= 15 is 0 Å². The molecule has 1 unspecified atom stereocenters. The average Bonchev–Trinajstić information content (AvgIpc) is 3.20. The molecular formula is C18H31IN4O4S. The lowest BCUT2D eigenvalue weighted by atomic mass is 10.2. The quantitative estimate of drug-likeness (QED) is 0.185. The first-order chi connectivity index (χ1) is 13.0. The first-order valence-electron chi connectivity index (χ1n) is 9.21. The van der Waals surface area contributed by atoms with Gasteiger partial charge in [-0.25, -0.2) is 13.1 Å². The molecule has 0 spiro atoms. The molecule has 1 fully saturated rings. The maximum Gasteiger partial charge on any atom is 0.240 e. The van der Waals surface area contributed by atoms with Crippen molar-refractivity contribution in [3.8, 4) is 0 Å². The van der Waals surface area contributed by atoms with Crippen LogP contribution in [0.5, 0.6) is 0 Å². The van der Waals surface area contributed by atoms with Crippen molar-refractivity contribution in [1.82, 2.24) is 15.4 Å². The number of hydrogen-bond acceptors (Lipinski definition) is 5. The van der Waals surface area contributed by atoms with E-state index in [1.807, 2.05) is 0 Å². The minimum absolute atomic E-state index is 0. The molecule has 0 saturated carbocycles. The SMILES string of the molecule is CN=C(NCCCOCC1CCCO1)NCc1ccc(S(=O)(=O)NC)cc1.I. The minimum atomic E-state index is -3.40. The number of guanidine groups is 1. The molecule has 1 aliphatic rings. The van der Waals surface area contributed by atoms with Crippen LogP contribution in [0.3, 0.4) is 0 Å². The second-order valence-corrected chi connectivity index (χ2v) is 8.15. The molecule has 3 N–H and O–H groups in total. The van der Waals surface area contributed by atoms with Crippen LogP contribution in [0.4, 0.5) is 0 Å². The summed E-state index contributed by atoms with van der Waals surface area (Å²) in [7, 11) is -0.291. The molecule has 1 saturated heterocycles. The molecule has 8 nitrogen and oxygen atoms in total. The van der Waals surface area contributed by atoms with Gasteiger partial charge in [0.1, 0.15) is 0 Å². The molecule has 0 aliphatic carbocycles. The molecule has 1 aromatic rings. The Morgan fingerprint density at radius 2 is 2.04 bits per heavy atom. The van der Waals surface area contributed by atoms with Crippen LogP contribution in [0.25, 0.3) is 0 Å². The summed E-state index contributed by atoms with van der Waals surface area (Å²) in [6, 6.07) is 6.74. The number of benzene rings is 1. The zero-order chi connectivity index (χ0) is 19.5. The number of rotatable bonds is 10. The number of aliphatic imine (C=N–C) groups is 1. The molecule has 28 heavy (non-hydrogen) atoms. The van der Waals surface area contributed by atoms with Gasteiger partial charge in [-0.3, -0.25) is 4.99 Å². The zero-order valence-corrected chi connectivity index (χ0v) is 19.6. The largest absolute Gasteiger partial charge is 0.379 e. The van der Waals surface area contributed by atoms with Crippen LogP contribution in [0, 0.1) is 0 Å². The second kappa shape index (κ2) is 13.3. The Bertz CT molecular complexity index is 692. The van der Waals surface area contributed by atoms with Crippen LogP contribution in [0.15, 0.2) is 34.2 Å². The van der Waals surface area contributed by atoms with E-state index in [0.717, 1.165) is 38.0 Å². The number of nitrogens with zero attached hydrogens (tertiary/aromatic N) is 1. The van der Waals surface area contributed by atoms with Crippen molar-refractivity contribution < 1.29 is 17.9 Å². The Morgan fingerprint density at radius 3 is 2.64 bits per heavy atom. The number of nitrogens with one attached hydrogen (secondary N) is 3. The van der Waals surface area contributed by atoms with E-state index in [4.69, 9.17) is 9.47 Å². The Balaban J connectivity index is 0.00000392. The van der Waals surface area contributed by atoms with E-state index < -0.39 is 10.0 Å². The van der Waals surface area contributed by atoms with Gasteiger partial charge in [-0.05, 0) is 44.0 Å². The topological polar surface area (TPSA) is 101 Å². The van der Waals surface area contributed by atoms with Crippen molar-refractivity contribution in [2.75, 3.05) is 40.5 Å². The molecule has 160 valence electrons. The second-order valence-electron chi connectivity index (χ2n) is 6.27. The first kappa shape index (κ1) is 25.1. The number of sulfonamides is 1. The van der Waals surface area contributed by atoms with Gasteiger partial charge in [-0.2, -0.15) is 0 Å². The van der Waals surface area contributed by atoms with Crippen molar-refractivity contribution in [1.29, 1.82) is 0 Å². The minimum Gasteiger partial charge on any atom is -0.379 e. The highest BCUT2D eigenvalue weighted by Gasteiger charge is 2.15. The van der Waals surface area contributed by atoms with E-state index in [1.165, 1.54) is 7.05 Å². The van der Waals surface area contributed by atoms with Gasteiger partial charge in [0, 0.05) is 33.4 Å². The highest BCUT2D eigenvalue weighted by atomic mass is 127. The lowest BCUT2D eigenvalue weighted by Gasteiger charge is -2.13. The van der Waals surface area contributed by atoms with Crippen LogP contribution in [0.1, 0.15) is 24.8 Å². The van der Waals surface area contributed by atoms with Crippen LogP contribution < -0.4 is 15.4 Å². The van der Waals surface area contributed by atoms with Crippen molar-refractivity contribution >= 4 is 40.0 Å². The third kappa shape index (κ3) is 8.60. The Labute approximate surface area is 184 Å². The molecule has 1 aliphatic heterocycles. The van der Waals surface area contributed by atoms with Gasteiger partial charge in [0.2, 0.25) is 10.0 Å². The van der Waals surface area contributed by atoms with Gasteiger partial charge in [0.15, 0.2) is 5.96 Å². The molecule has 0 radical (unpaired) electrons. The number of halogens is 1.